The van der Waals surface area contributed by atoms with Gasteiger partial charge >= 0.3 is 0 Å². The Hall–Kier alpha value is 0.610. The maximum absolute atomic E-state index is 4.52. The van der Waals surface area contributed by atoms with E-state index < -0.39 is 0 Å². The van der Waals surface area contributed by atoms with Crippen LogP contribution in [0.5, 0.6) is 0 Å². The van der Waals surface area contributed by atoms with Gasteiger partial charge in [-0.1, -0.05) is 41.5 Å². The molecule has 0 bridgehead atoms. The van der Waals surface area contributed by atoms with Crippen molar-refractivity contribution < 1.29 is 0 Å². The average Bonchev–Trinajstić information content (AvgIpc) is 2.83. The van der Waals surface area contributed by atoms with Gasteiger partial charge in [-0.25, -0.2) is 9.97 Å². The van der Waals surface area contributed by atoms with E-state index in [9.17, 15) is 0 Å². The lowest BCUT2D eigenvalue weighted by Gasteiger charge is -2.17. The Balaban J connectivity index is 0.000000231. The Kier molecular flexibility index (Phi) is 7.42. The van der Waals surface area contributed by atoms with Crippen LogP contribution in [-0.2, 0) is 24.9 Å². The van der Waals surface area contributed by atoms with E-state index in [1.165, 1.54) is 3.70 Å². The lowest BCUT2D eigenvalue weighted by molar-refractivity contribution is 0.520. The molecule has 0 N–H and O–H groups in total. The molecule has 0 aliphatic carbocycles. The number of imidazole rings is 2. The molecule has 2 aromatic rings. The van der Waals surface area contributed by atoms with Crippen LogP contribution in [-0.4, -0.2) is 19.1 Å². The fourth-order valence-corrected chi connectivity index (χ4v) is 3.83. The Labute approximate surface area is 180 Å². The van der Waals surface area contributed by atoms with Crippen molar-refractivity contribution >= 4 is 67.8 Å². The van der Waals surface area contributed by atoms with E-state index in [1.807, 2.05) is 13.2 Å². The van der Waals surface area contributed by atoms with Crippen LogP contribution in [0.4, 0.5) is 0 Å². The fourth-order valence-electron chi connectivity index (χ4n) is 2.24. The van der Waals surface area contributed by atoms with Crippen molar-refractivity contribution in [3.05, 3.63) is 28.9 Å². The van der Waals surface area contributed by atoms with Crippen LogP contribution in [0.15, 0.2) is 6.20 Å². The molecule has 0 aliphatic heterocycles. The number of halogens is 3. The zero-order valence-corrected chi connectivity index (χ0v) is 21.5. The second-order valence-corrected chi connectivity index (χ2v) is 10.7. The highest BCUT2D eigenvalue weighted by molar-refractivity contribution is 14.1. The van der Waals surface area contributed by atoms with Gasteiger partial charge < -0.3 is 9.13 Å². The topological polar surface area (TPSA) is 35.6 Å². The molecule has 2 aromatic heterocycles. The summed E-state index contributed by atoms with van der Waals surface area (Å²) in [5.74, 6) is 2.29. The summed E-state index contributed by atoms with van der Waals surface area (Å²) in [4.78, 5) is 8.95. The minimum atomic E-state index is 0.137. The standard InChI is InChI=1S/C8H12I2N2.C8H13IN2/c1-8(2,3)7-11-5(9)6(10)12(7)4;1-8(2,3)7-10-6(9)5-11(7)4/h1-4H3;5H,1-4H3. The van der Waals surface area contributed by atoms with Gasteiger partial charge in [-0.3, -0.25) is 0 Å². The summed E-state index contributed by atoms with van der Waals surface area (Å²) in [6, 6.07) is 0. The Morgan fingerprint density at radius 1 is 0.826 bits per heavy atom. The number of aromatic nitrogens is 4. The minimum absolute atomic E-state index is 0.137. The van der Waals surface area contributed by atoms with Crippen molar-refractivity contribution in [3.63, 3.8) is 0 Å². The highest BCUT2D eigenvalue weighted by Crippen LogP contribution is 2.25. The predicted octanol–water partition coefficient (Wildman–Crippen LogP) is 5.25. The lowest BCUT2D eigenvalue weighted by atomic mass is 9.96. The first kappa shape index (κ1) is 21.7. The normalized spacial score (nSPS) is 12.1. The molecular weight excluding hydrogens is 629 g/mol. The van der Waals surface area contributed by atoms with Crippen LogP contribution >= 0.6 is 67.8 Å². The van der Waals surface area contributed by atoms with Gasteiger partial charge in [0.1, 0.15) is 22.8 Å². The molecule has 0 saturated heterocycles. The first-order valence-electron chi connectivity index (χ1n) is 7.32. The van der Waals surface area contributed by atoms with Crippen molar-refractivity contribution in [2.45, 2.75) is 52.4 Å². The summed E-state index contributed by atoms with van der Waals surface area (Å²) >= 11 is 6.83. The summed E-state index contributed by atoms with van der Waals surface area (Å²) in [6.45, 7) is 13.1. The molecular formula is C16H25I3N4. The van der Waals surface area contributed by atoms with E-state index >= 15 is 0 Å². The quantitative estimate of drug-likeness (QED) is 0.365. The Bertz CT molecular complexity index is 673. The maximum atomic E-state index is 4.52. The zero-order valence-electron chi connectivity index (χ0n) is 15.0. The van der Waals surface area contributed by atoms with Gasteiger partial charge in [0.15, 0.2) is 0 Å². The first-order valence-corrected chi connectivity index (χ1v) is 10.6. The Morgan fingerprint density at radius 2 is 1.30 bits per heavy atom. The van der Waals surface area contributed by atoms with Gasteiger partial charge in [0.25, 0.3) is 0 Å². The van der Waals surface area contributed by atoms with Crippen molar-refractivity contribution in [1.82, 2.24) is 19.1 Å². The molecule has 2 heterocycles. The van der Waals surface area contributed by atoms with E-state index in [-0.39, 0.29) is 10.8 Å². The van der Waals surface area contributed by atoms with Gasteiger partial charge in [0.2, 0.25) is 0 Å². The maximum Gasteiger partial charge on any atom is 0.133 e. The van der Waals surface area contributed by atoms with Gasteiger partial charge in [-0.15, -0.1) is 0 Å². The number of hydrogen-bond acceptors (Lipinski definition) is 2. The van der Waals surface area contributed by atoms with E-state index in [0.29, 0.717) is 0 Å². The van der Waals surface area contributed by atoms with Crippen LogP contribution in [0.1, 0.15) is 53.2 Å². The third-order valence-corrected chi connectivity index (χ3v) is 6.71. The molecule has 2 rings (SSSR count). The SMILES string of the molecule is Cn1c(C(C)(C)C)nc(I)c1I.Cn1cc(I)nc1C(C)(C)C. The number of aryl methyl sites for hydroxylation is 1. The summed E-state index contributed by atoms with van der Waals surface area (Å²) in [7, 11) is 4.10. The number of hydrogen-bond donors (Lipinski definition) is 0. The smallest absolute Gasteiger partial charge is 0.133 e. The molecule has 0 radical (unpaired) electrons. The third kappa shape index (κ3) is 5.82. The first-order chi connectivity index (χ1) is 10.2. The molecule has 0 amide bonds. The second kappa shape index (κ2) is 7.88. The van der Waals surface area contributed by atoms with E-state index in [2.05, 4.69) is 135 Å². The molecule has 0 fully saturated rings. The van der Waals surface area contributed by atoms with Crippen LogP contribution in [0.25, 0.3) is 0 Å². The largest absolute Gasteiger partial charge is 0.336 e. The monoisotopic (exact) mass is 654 g/mol. The summed E-state index contributed by atoms with van der Waals surface area (Å²) < 4.78 is 7.62. The zero-order chi connectivity index (χ0) is 18.2. The molecule has 7 heteroatoms. The molecule has 0 saturated carbocycles. The van der Waals surface area contributed by atoms with Crippen LogP contribution in [0.2, 0.25) is 0 Å². The lowest BCUT2D eigenvalue weighted by Crippen LogP contribution is -2.17. The molecule has 0 atom stereocenters. The second-order valence-electron chi connectivity index (χ2n) is 7.57. The van der Waals surface area contributed by atoms with E-state index in [4.69, 9.17) is 0 Å². The fraction of sp³-hybridized carbons (Fsp3) is 0.625. The van der Waals surface area contributed by atoms with Crippen molar-refractivity contribution in [2.75, 3.05) is 0 Å². The van der Waals surface area contributed by atoms with E-state index in [1.54, 1.807) is 0 Å². The van der Waals surface area contributed by atoms with Gasteiger partial charge in [0, 0.05) is 31.1 Å². The molecule has 0 aromatic carbocycles. The van der Waals surface area contributed by atoms with E-state index in [0.717, 1.165) is 19.1 Å². The van der Waals surface area contributed by atoms with Gasteiger partial charge in [-0.2, -0.15) is 0 Å². The molecule has 130 valence electrons. The molecule has 23 heavy (non-hydrogen) atoms. The van der Waals surface area contributed by atoms with Gasteiger partial charge in [0.05, 0.1) is 0 Å². The molecule has 0 aliphatic rings. The highest BCUT2D eigenvalue weighted by atomic mass is 127. The van der Waals surface area contributed by atoms with Crippen molar-refractivity contribution in [1.29, 1.82) is 0 Å². The summed E-state index contributed by atoms with van der Waals surface area (Å²) in [5.41, 5.74) is 0.288. The number of nitrogens with zero attached hydrogens (tertiary/aromatic N) is 4. The summed E-state index contributed by atoms with van der Waals surface area (Å²) in [6.07, 6.45) is 2.04. The average molecular weight is 654 g/mol. The molecule has 0 unspecified atom stereocenters. The Morgan fingerprint density at radius 3 is 1.48 bits per heavy atom. The molecule has 4 nitrogen and oxygen atoms in total. The predicted molar refractivity (Wildman–Crippen MR) is 122 cm³/mol. The van der Waals surface area contributed by atoms with Crippen molar-refractivity contribution in [2.24, 2.45) is 14.1 Å². The highest BCUT2D eigenvalue weighted by Gasteiger charge is 2.22. The van der Waals surface area contributed by atoms with Crippen LogP contribution in [0, 0.1) is 11.1 Å². The van der Waals surface area contributed by atoms with Gasteiger partial charge in [-0.05, 0) is 67.8 Å². The van der Waals surface area contributed by atoms with Crippen molar-refractivity contribution in [3.8, 4) is 0 Å². The van der Waals surface area contributed by atoms with Crippen LogP contribution < -0.4 is 0 Å². The minimum Gasteiger partial charge on any atom is -0.336 e. The van der Waals surface area contributed by atoms with Crippen LogP contribution in [0.3, 0.4) is 0 Å². The molecule has 0 spiro atoms. The number of rotatable bonds is 0. The summed E-state index contributed by atoms with van der Waals surface area (Å²) in [5, 5.41) is 0. The third-order valence-electron chi connectivity index (χ3n) is 3.18.